The Morgan fingerprint density at radius 1 is 1.11 bits per heavy atom. The summed E-state index contributed by atoms with van der Waals surface area (Å²) >= 11 is 5.91. The first kappa shape index (κ1) is 21.3. The van der Waals surface area contributed by atoms with Crippen molar-refractivity contribution in [3.8, 4) is 0 Å². The maximum Gasteiger partial charge on any atom is 0.248 e. The van der Waals surface area contributed by atoms with Crippen molar-refractivity contribution in [2.24, 2.45) is 0 Å². The molecule has 1 amide bonds. The molecule has 0 aliphatic heterocycles. The minimum Gasteiger partial charge on any atom is -0.324 e. The Kier molecular flexibility index (Phi) is 6.54. The van der Waals surface area contributed by atoms with Crippen LogP contribution in [0, 0.1) is 20.8 Å². The lowest BCUT2D eigenvalue weighted by Crippen LogP contribution is -2.47. The number of carbonyl (C=O) groups excluding carboxylic acids is 1. The molecule has 0 unspecified atom stereocenters. The van der Waals surface area contributed by atoms with Crippen LogP contribution in [-0.2, 0) is 14.8 Å². The number of nitrogens with one attached hydrogen (secondary N) is 1. The van der Waals surface area contributed by atoms with Crippen molar-refractivity contribution in [2.45, 2.75) is 40.2 Å². The fourth-order valence-corrected chi connectivity index (χ4v) is 4.57. The van der Waals surface area contributed by atoms with E-state index in [0.29, 0.717) is 22.8 Å². The first-order valence-electron chi connectivity index (χ1n) is 8.68. The summed E-state index contributed by atoms with van der Waals surface area (Å²) < 4.78 is 26.1. The monoisotopic (exact) mass is 408 g/mol. The van der Waals surface area contributed by atoms with Crippen LogP contribution in [0.5, 0.6) is 0 Å². The van der Waals surface area contributed by atoms with E-state index in [2.05, 4.69) is 5.32 Å². The van der Waals surface area contributed by atoms with E-state index in [1.165, 1.54) is 0 Å². The second-order valence-corrected chi connectivity index (χ2v) is 9.02. The smallest absolute Gasteiger partial charge is 0.248 e. The van der Waals surface area contributed by atoms with Crippen molar-refractivity contribution in [3.05, 3.63) is 58.1 Å². The molecule has 1 atom stereocenters. The number of rotatable bonds is 6. The summed E-state index contributed by atoms with van der Waals surface area (Å²) in [7, 11) is -3.68. The quantitative estimate of drug-likeness (QED) is 0.767. The normalized spacial score (nSPS) is 12.5. The van der Waals surface area contributed by atoms with Crippen LogP contribution in [-0.4, -0.2) is 26.6 Å². The molecule has 2 rings (SSSR count). The molecule has 0 aliphatic rings. The fourth-order valence-electron chi connectivity index (χ4n) is 3.23. The van der Waals surface area contributed by atoms with Crippen LogP contribution in [0.2, 0.25) is 5.02 Å². The van der Waals surface area contributed by atoms with Crippen molar-refractivity contribution in [1.29, 1.82) is 0 Å². The van der Waals surface area contributed by atoms with Crippen molar-refractivity contribution in [3.63, 3.8) is 0 Å². The largest absolute Gasteiger partial charge is 0.324 e. The van der Waals surface area contributed by atoms with Gasteiger partial charge in [-0.15, -0.1) is 0 Å². The van der Waals surface area contributed by atoms with Gasteiger partial charge in [-0.2, -0.15) is 0 Å². The Labute approximate surface area is 166 Å². The Hall–Kier alpha value is -2.05. The van der Waals surface area contributed by atoms with E-state index < -0.39 is 16.1 Å². The Bertz CT molecular complexity index is 917. The number of nitrogens with zero attached hydrogens (tertiary/aromatic N) is 1. The lowest BCUT2D eigenvalue weighted by Gasteiger charge is -2.30. The highest BCUT2D eigenvalue weighted by Gasteiger charge is 2.31. The van der Waals surface area contributed by atoms with Crippen molar-refractivity contribution >= 4 is 38.9 Å². The predicted molar refractivity (Wildman–Crippen MR) is 112 cm³/mol. The van der Waals surface area contributed by atoms with Gasteiger partial charge in [-0.3, -0.25) is 9.10 Å². The first-order valence-corrected chi connectivity index (χ1v) is 10.9. The van der Waals surface area contributed by atoms with E-state index in [1.54, 1.807) is 31.2 Å². The van der Waals surface area contributed by atoms with Gasteiger partial charge in [-0.25, -0.2) is 8.42 Å². The number of amides is 1. The van der Waals surface area contributed by atoms with Crippen LogP contribution in [0.15, 0.2) is 36.4 Å². The number of anilines is 2. The molecule has 2 aromatic rings. The van der Waals surface area contributed by atoms with Crippen LogP contribution < -0.4 is 9.62 Å². The Morgan fingerprint density at radius 3 is 2.07 bits per heavy atom. The van der Waals surface area contributed by atoms with Crippen molar-refractivity contribution < 1.29 is 13.2 Å². The third-order valence-electron chi connectivity index (χ3n) is 4.34. The van der Waals surface area contributed by atoms with Gasteiger partial charge in [0.25, 0.3) is 0 Å². The molecule has 0 aliphatic carbocycles. The third-order valence-corrected chi connectivity index (χ3v) is 5.77. The SMILES string of the molecule is CC[C@@H](C(=O)Nc1c(C)cc(C)cc1C)N(c1ccc(Cl)cc1)S(C)(=O)=O. The highest BCUT2D eigenvalue weighted by atomic mass is 35.5. The standard InChI is InChI=1S/C20H25ClN2O3S/c1-6-18(20(24)22-19-14(3)11-13(2)12-15(19)4)23(27(5,25)26)17-9-7-16(21)8-10-17/h7-12,18H,6H2,1-5H3,(H,22,24)/t18-/m0/s1. The lowest BCUT2D eigenvalue weighted by atomic mass is 10.0. The molecule has 146 valence electrons. The molecule has 0 saturated heterocycles. The second-order valence-electron chi connectivity index (χ2n) is 6.72. The Morgan fingerprint density at radius 2 is 1.63 bits per heavy atom. The molecule has 0 heterocycles. The number of carbonyl (C=O) groups is 1. The van der Waals surface area contributed by atoms with Gasteiger partial charge >= 0.3 is 0 Å². The maximum atomic E-state index is 13.0. The Balaban J connectivity index is 2.42. The minimum absolute atomic E-state index is 0.325. The summed E-state index contributed by atoms with van der Waals surface area (Å²) in [4.78, 5) is 13.0. The van der Waals surface area contributed by atoms with E-state index in [4.69, 9.17) is 11.6 Å². The summed E-state index contributed by atoms with van der Waals surface area (Å²) in [5, 5.41) is 3.42. The summed E-state index contributed by atoms with van der Waals surface area (Å²) in [5.41, 5.74) is 4.10. The number of sulfonamides is 1. The highest BCUT2D eigenvalue weighted by Crippen LogP contribution is 2.27. The van der Waals surface area contributed by atoms with Crippen LogP contribution in [0.25, 0.3) is 0 Å². The molecule has 5 nitrogen and oxygen atoms in total. The first-order chi connectivity index (χ1) is 12.5. The van der Waals surface area contributed by atoms with E-state index >= 15 is 0 Å². The zero-order valence-corrected chi connectivity index (χ0v) is 17.8. The van der Waals surface area contributed by atoms with Gasteiger partial charge in [0.2, 0.25) is 15.9 Å². The van der Waals surface area contributed by atoms with Gasteiger partial charge in [-0.1, -0.05) is 36.2 Å². The molecule has 0 radical (unpaired) electrons. The number of halogens is 1. The average molecular weight is 409 g/mol. The van der Waals surface area contributed by atoms with Gasteiger partial charge < -0.3 is 5.32 Å². The summed E-state index contributed by atoms with van der Waals surface area (Å²) in [6.07, 6.45) is 1.42. The van der Waals surface area contributed by atoms with Crippen LogP contribution in [0.3, 0.4) is 0 Å². The number of hydrogen-bond acceptors (Lipinski definition) is 3. The molecule has 0 fully saturated rings. The van der Waals surface area contributed by atoms with Crippen LogP contribution in [0.1, 0.15) is 30.0 Å². The minimum atomic E-state index is -3.68. The van der Waals surface area contributed by atoms with Gasteiger partial charge in [0.15, 0.2) is 0 Å². The van der Waals surface area contributed by atoms with Crippen LogP contribution in [0.4, 0.5) is 11.4 Å². The molecule has 0 spiro atoms. The van der Waals surface area contributed by atoms with E-state index in [-0.39, 0.29) is 5.91 Å². The van der Waals surface area contributed by atoms with Gasteiger partial charge in [0.05, 0.1) is 11.9 Å². The number of aryl methyl sites for hydroxylation is 3. The van der Waals surface area contributed by atoms with E-state index in [1.807, 2.05) is 32.9 Å². The molecule has 2 aromatic carbocycles. The predicted octanol–water partition coefficient (Wildman–Crippen LogP) is 4.45. The molecule has 0 aromatic heterocycles. The molecule has 27 heavy (non-hydrogen) atoms. The summed E-state index contributed by atoms with van der Waals surface area (Å²) in [5.74, 6) is -0.368. The zero-order valence-electron chi connectivity index (χ0n) is 16.2. The molecule has 1 N–H and O–H groups in total. The number of benzene rings is 2. The molecular weight excluding hydrogens is 384 g/mol. The van der Waals surface area contributed by atoms with Crippen molar-refractivity contribution in [1.82, 2.24) is 0 Å². The second kappa shape index (κ2) is 8.31. The fraction of sp³-hybridized carbons (Fsp3) is 0.350. The zero-order chi connectivity index (χ0) is 20.4. The summed E-state index contributed by atoms with van der Waals surface area (Å²) in [6.45, 7) is 7.62. The molecular formula is C20H25ClN2O3S. The summed E-state index contributed by atoms with van der Waals surface area (Å²) in [6, 6.07) is 9.50. The average Bonchev–Trinajstić information content (AvgIpc) is 2.55. The molecule has 0 saturated carbocycles. The molecule has 0 bridgehead atoms. The lowest BCUT2D eigenvalue weighted by molar-refractivity contribution is -0.117. The molecule has 7 heteroatoms. The third kappa shape index (κ3) is 5.02. The number of hydrogen-bond donors (Lipinski definition) is 1. The maximum absolute atomic E-state index is 13.0. The van der Waals surface area contributed by atoms with E-state index in [0.717, 1.165) is 27.3 Å². The highest BCUT2D eigenvalue weighted by molar-refractivity contribution is 7.92. The topological polar surface area (TPSA) is 66.5 Å². The van der Waals surface area contributed by atoms with Gasteiger partial charge in [0, 0.05) is 10.7 Å². The van der Waals surface area contributed by atoms with Crippen LogP contribution >= 0.6 is 11.6 Å². The van der Waals surface area contributed by atoms with Gasteiger partial charge in [0.1, 0.15) is 6.04 Å². The van der Waals surface area contributed by atoms with E-state index in [9.17, 15) is 13.2 Å². The van der Waals surface area contributed by atoms with Crippen molar-refractivity contribution in [2.75, 3.05) is 15.9 Å². The van der Waals surface area contributed by atoms with Gasteiger partial charge in [-0.05, 0) is 62.6 Å².